The Morgan fingerprint density at radius 1 is 1.27 bits per heavy atom. The van der Waals surface area contributed by atoms with E-state index in [9.17, 15) is 22.0 Å². The molecule has 1 N–H and O–H groups in total. The second-order valence-electron chi connectivity index (χ2n) is 6.55. The van der Waals surface area contributed by atoms with Gasteiger partial charge in [0.15, 0.2) is 11.6 Å². The van der Waals surface area contributed by atoms with Crippen molar-refractivity contribution in [3.63, 3.8) is 0 Å². The van der Waals surface area contributed by atoms with Crippen molar-refractivity contribution in [2.24, 2.45) is 7.05 Å². The van der Waals surface area contributed by atoms with Crippen LogP contribution in [-0.2, 0) is 17.1 Å². The molecule has 0 radical (unpaired) electrons. The van der Waals surface area contributed by atoms with E-state index >= 15 is 0 Å². The highest BCUT2D eigenvalue weighted by molar-refractivity contribution is 7.92. The van der Waals surface area contributed by atoms with Crippen molar-refractivity contribution < 1.29 is 21.9 Å². The maximum atomic E-state index is 14.4. The van der Waals surface area contributed by atoms with E-state index in [1.807, 2.05) is 0 Å². The van der Waals surface area contributed by atoms with Crippen LogP contribution in [0.1, 0.15) is 12.0 Å². The number of aryl methyl sites for hydroxylation is 2. The second kappa shape index (κ2) is 8.57. The van der Waals surface area contributed by atoms with Crippen molar-refractivity contribution in [3.05, 3.63) is 57.3 Å². The maximum absolute atomic E-state index is 14.4. The van der Waals surface area contributed by atoms with Crippen LogP contribution >= 0.6 is 11.6 Å². The van der Waals surface area contributed by atoms with Crippen LogP contribution in [0.5, 0.6) is 11.5 Å². The van der Waals surface area contributed by atoms with Crippen molar-refractivity contribution in [2.45, 2.75) is 13.3 Å². The minimum absolute atomic E-state index is 0.108. The molecule has 0 aliphatic carbocycles. The van der Waals surface area contributed by atoms with Crippen molar-refractivity contribution in [2.75, 3.05) is 17.1 Å². The summed E-state index contributed by atoms with van der Waals surface area (Å²) >= 11 is 6.19. The summed E-state index contributed by atoms with van der Waals surface area (Å²) in [6.45, 7) is 0.831. The van der Waals surface area contributed by atoms with Gasteiger partial charge in [0.05, 0.1) is 35.3 Å². The number of hydrogen-bond acceptors (Lipinski definition) is 5. The molecule has 0 atom stereocenters. The molecular weight excluding hydrogens is 440 g/mol. The van der Waals surface area contributed by atoms with Gasteiger partial charge in [-0.15, -0.1) is 0 Å². The van der Waals surface area contributed by atoms with Crippen LogP contribution in [0.4, 0.5) is 14.5 Å². The summed E-state index contributed by atoms with van der Waals surface area (Å²) in [5, 5.41) is -0.00507. The minimum Gasteiger partial charge on any atom is -0.452 e. The number of ether oxygens (including phenoxy) is 1. The number of nitrogens with one attached hydrogen (secondary N) is 1. The summed E-state index contributed by atoms with van der Waals surface area (Å²) in [7, 11) is -2.32. The van der Waals surface area contributed by atoms with E-state index in [1.165, 1.54) is 17.0 Å². The minimum atomic E-state index is -3.87. The third-order valence-corrected chi connectivity index (χ3v) is 6.10. The monoisotopic (exact) mass is 457 g/mol. The summed E-state index contributed by atoms with van der Waals surface area (Å²) in [5.41, 5.74) is 0.460. The van der Waals surface area contributed by atoms with Gasteiger partial charge in [-0.25, -0.2) is 17.8 Å². The number of nitrogens with zero attached hydrogens (tertiary/aromatic N) is 2. The van der Waals surface area contributed by atoms with Gasteiger partial charge in [-0.2, -0.15) is 0 Å². The Kier molecular flexibility index (Phi) is 6.27. The van der Waals surface area contributed by atoms with E-state index in [0.717, 1.165) is 12.1 Å². The number of hydrogen-bond donors (Lipinski definition) is 1. The highest BCUT2D eigenvalue weighted by Gasteiger charge is 2.20. The number of alkyl halides is 1. The molecule has 0 saturated carbocycles. The number of halogens is 3. The lowest BCUT2D eigenvalue weighted by atomic mass is 10.1. The van der Waals surface area contributed by atoms with Gasteiger partial charge in [0.25, 0.3) is 5.56 Å². The summed E-state index contributed by atoms with van der Waals surface area (Å²) < 4.78 is 59.9. The molecule has 0 fully saturated rings. The molecule has 3 aromatic rings. The largest absolute Gasteiger partial charge is 0.452 e. The summed E-state index contributed by atoms with van der Waals surface area (Å²) in [5.74, 6) is -1.53. The summed E-state index contributed by atoms with van der Waals surface area (Å²) in [6, 6.07) is 5.20. The first kappa shape index (κ1) is 22.0. The van der Waals surface area contributed by atoms with Crippen LogP contribution < -0.4 is 15.0 Å². The van der Waals surface area contributed by atoms with E-state index in [4.69, 9.17) is 16.3 Å². The van der Waals surface area contributed by atoms with E-state index in [1.54, 1.807) is 20.0 Å². The van der Waals surface area contributed by atoms with Crippen molar-refractivity contribution in [1.82, 2.24) is 9.55 Å². The molecular formula is C19H18ClF2N3O4S. The Balaban J connectivity index is 2.02. The number of rotatable bonds is 7. The van der Waals surface area contributed by atoms with Gasteiger partial charge in [-0.05, 0) is 37.6 Å². The molecule has 0 amide bonds. The van der Waals surface area contributed by atoms with E-state index in [2.05, 4.69) is 9.71 Å². The lowest BCUT2D eigenvalue weighted by Gasteiger charge is -2.15. The molecule has 160 valence electrons. The van der Waals surface area contributed by atoms with Crippen molar-refractivity contribution >= 4 is 38.2 Å². The molecule has 0 aliphatic rings. The fraction of sp³-hybridized carbons (Fsp3) is 0.263. The maximum Gasteiger partial charge on any atom is 0.261 e. The first-order valence-electron chi connectivity index (χ1n) is 8.82. The molecule has 30 heavy (non-hydrogen) atoms. The standard InChI is InChI=1S/C19H18ClF2N3O4S/c1-11-15(7-6-13-16(11)19(26)25(2)10-23-13)29-18-12(22)4-5-14(17(18)20)24-30(27,28)9-3-8-21/h4-7,10,24H,3,8-9H2,1-2H3. The molecule has 11 heteroatoms. The lowest BCUT2D eigenvalue weighted by molar-refractivity contribution is 0.441. The molecule has 1 heterocycles. The van der Waals surface area contributed by atoms with E-state index < -0.39 is 34.0 Å². The Morgan fingerprint density at radius 2 is 2.00 bits per heavy atom. The van der Waals surface area contributed by atoms with E-state index in [0.29, 0.717) is 16.5 Å². The molecule has 0 aliphatic heterocycles. The third-order valence-electron chi connectivity index (χ3n) is 4.37. The zero-order valence-electron chi connectivity index (χ0n) is 16.1. The van der Waals surface area contributed by atoms with Crippen molar-refractivity contribution in [3.8, 4) is 11.5 Å². The molecule has 2 aromatic carbocycles. The topological polar surface area (TPSA) is 90.3 Å². The Bertz CT molecular complexity index is 1280. The molecule has 0 saturated heterocycles. The van der Waals surface area contributed by atoms with E-state index in [-0.39, 0.29) is 28.4 Å². The quantitative estimate of drug-likeness (QED) is 0.580. The van der Waals surface area contributed by atoms with Gasteiger partial charge in [-0.3, -0.25) is 13.9 Å². The number of aromatic nitrogens is 2. The summed E-state index contributed by atoms with van der Waals surface area (Å²) in [6.07, 6.45) is 1.20. The highest BCUT2D eigenvalue weighted by atomic mass is 35.5. The number of anilines is 1. The molecule has 0 spiro atoms. The lowest BCUT2D eigenvalue weighted by Crippen LogP contribution is -2.18. The number of benzene rings is 2. The van der Waals surface area contributed by atoms with Gasteiger partial charge in [0.1, 0.15) is 10.8 Å². The van der Waals surface area contributed by atoms with Gasteiger partial charge in [0, 0.05) is 12.6 Å². The fourth-order valence-electron chi connectivity index (χ4n) is 2.82. The fourth-order valence-corrected chi connectivity index (χ4v) is 4.21. The molecule has 1 aromatic heterocycles. The molecule has 0 bridgehead atoms. The normalized spacial score (nSPS) is 11.6. The predicted molar refractivity (Wildman–Crippen MR) is 111 cm³/mol. The Hall–Kier alpha value is -2.72. The van der Waals surface area contributed by atoms with Crippen LogP contribution in [0.3, 0.4) is 0 Å². The molecule has 0 unspecified atom stereocenters. The average Bonchev–Trinajstić information content (AvgIpc) is 2.70. The zero-order valence-corrected chi connectivity index (χ0v) is 17.7. The van der Waals surface area contributed by atoms with Crippen LogP contribution in [0.15, 0.2) is 35.4 Å². The third kappa shape index (κ3) is 4.39. The predicted octanol–water partition coefficient (Wildman–Crippen LogP) is 3.93. The first-order valence-corrected chi connectivity index (χ1v) is 10.8. The number of fused-ring (bicyclic) bond motifs is 1. The van der Waals surface area contributed by atoms with Crippen molar-refractivity contribution in [1.29, 1.82) is 0 Å². The van der Waals surface area contributed by atoms with Gasteiger partial charge in [0.2, 0.25) is 10.0 Å². The number of sulfonamides is 1. The first-order chi connectivity index (χ1) is 14.1. The van der Waals surface area contributed by atoms with Crippen LogP contribution in [-0.4, -0.2) is 30.4 Å². The van der Waals surface area contributed by atoms with Crippen LogP contribution in [0.25, 0.3) is 10.9 Å². The smallest absolute Gasteiger partial charge is 0.261 e. The van der Waals surface area contributed by atoms with Crippen LogP contribution in [0, 0.1) is 12.7 Å². The van der Waals surface area contributed by atoms with Gasteiger partial charge >= 0.3 is 0 Å². The average molecular weight is 458 g/mol. The SMILES string of the molecule is Cc1c(Oc2c(F)ccc(NS(=O)(=O)CCCF)c2Cl)ccc2ncn(C)c(=O)c12. The zero-order chi connectivity index (χ0) is 22.1. The van der Waals surface area contributed by atoms with Gasteiger partial charge in [-0.1, -0.05) is 11.6 Å². The van der Waals surface area contributed by atoms with Gasteiger partial charge < -0.3 is 9.30 Å². The Labute approximate surface area is 176 Å². The molecule has 3 rings (SSSR count). The second-order valence-corrected chi connectivity index (χ2v) is 8.77. The summed E-state index contributed by atoms with van der Waals surface area (Å²) in [4.78, 5) is 16.6. The highest BCUT2D eigenvalue weighted by Crippen LogP contribution is 2.39. The molecule has 7 nitrogen and oxygen atoms in total. The van der Waals surface area contributed by atoms with Crippen LogP contribution in [0.2, 0.25) is 5.02 Å². The Morgan fingerprint density at radius 3 is 2.70 bits per heavy atom.